The number of hydrogen-bond donors (Lipinski definition) is 2. The monoisotopic (exact) mass is 441 g/mol. The van der Waals surface area contributed by atoms with Crippen molar-refractivity contribution in [2.75, 3.05) is 18.9 Å². The molecule has 0 saturated carbocycles. The number of likely N-dealkylation sites (N-methyl/N-ethyl adjacent to an activating group) is 1. The summed E-state index contributed by atoms with van der Waals surface area (Å²) in [6, 6.07) is 5.70. The van der Waals surface area contributed by atoms with Crippen molar-refractivity contribution in [3.8, 4) is 0 Å². The fourth-order valence-electron chi connectivity index (χ4n) is 3.15. The first kappa shape index (κ1) is 20.8. The second-order valence-corrected chi connectivity index (χ2v) is 10.1. The maximum absolute atomic E-state index is 12.6. The molecule has 7 nitrogen and oxygen atoms in total. The summed E-state index contributed by atoms with van der Waals surface area (Å²) in [5.74, 6) is -1.13. The van der Waals surface area contributed by atoms with E-state index in [4.69, 9.17) is 17.3 Å². The molecule has 2 aromatic rings. The van der Waals surface area contributed by atoms with Gasteiger partial charge in [-0.3, -0.25) is 9.59 Å². The Morgan fingerprint density at radius 1 is 1.21 bits per heavy atom. The molecule has 0 radical (unpaired) electrons. The minimum absolute atomic E-state index is 0.0385. The van der Waals surface area contributed by atoms with E-state index in [9.17, 15) is 18.0 Å². The minimum Gasteiger partial charge on any atom is -0.365 e. The van der Waals surface area contributed by atoms with Gasteiger partial charge in [-0.2, -0.15) is 4.31 Å². The van der Waals surface area contributed by atoms with Crippen molar-refractivity contribution in [1.29, 1.82) is 0 Å². The number of thiophene rings is 1. The Morgan fingerprint density at radius 3 is 2.50 bits per heavy atom. The quantitative estimate of drug-likeness (QED) is 0.717. The Bertz CT molecular complexity index is 1020. The second kappa shape index (κ2) is 8.20. The Hall–Kier alpha value is -1.94. The molecule has 28 heavy (non-hydrogen) atoms. The maximum Gasteiger partial charge on any atom is 0.251 e. The SMILES string of the molecule is CN(CC(=O)Nc1sc2c(c1C(N)=O)CCCC2)S(=O)(=O)c1ccc(Cl)cc1. The summed E-state index contributed by atoms with van der Waals surface area (Å²) in [5.41, 5.74) is 6.76. The molecule has 1 aliphatic rings. The van der Waals surface area contributed by atoms with Crippen LogP contribution in [0.15, 0.2) is 29.2 Å². The number of halogens is 1. The van der Waals surface area contributed by atoms with Crippen molar-refractivity contribution < 1.29 is 18.0 Å². The van der Waals surface area contributed by atoms with E-state index in [1.54, 1.807) is 0 Å². The first-order chi connectivity index (χ1) is 13.2. The average molecular weight is 442 g/mol. The number of carbonyl (C=O) groups excluding carboxylic acids is 2. The molecule has 0 unspecified atom stereocenters. The lowest BCUT2D eigenvalue weighted by Gasteiger charge is -2.17. The molecule has 0 bridgehead atoms. The molecule has 0 fully saturated rings. The number of hydrogen-bond acceptors (Lipinski definition) is 5. The first-order valence-corrected chi connectivity index (χ1v) is 11.3. The van der Waals surface area contributed by atoms with Gasteiger partial charge in [0.25, 0.3) is 5.91 Å². The minimum atomic E-state index is -3.85. The van der Waals surface area contributed by atoms with E-state index in [2.05, 4.69) is 5.32 Å². The summed E-state index contributed by atoms with van der Waals surface area (Å²) in [4.78, 5) is 25.4. The van der Waals surface area contributed by atoms with Gasteiger partial charge < -0.3 is 11.1 Å². The van der Waals surface area contributed by atoms with Crippen LogP contribution >= 0.6 is 22.9 Å². The number of carbonyl (C=O) groups is 2. The van der Waals surface area contributed by atoms with Gasteiger partial charge in [0.05, 0.1) is 17.0 Å². The van der Waals surface area contributed by atoms with Gasteiger partial charge in [-0.05, 0) is 55.5 Å². The molecule has 1 heterocycles. The first-order valence-electron chi connectivity index (χ1n) is 8.66. The molecule has 0 atom stereocenters. The number of benzene rings is 1. The van der Waals surface area contributed by atoms with E-state index < -0.39 is 28.4 Å². The molecule has 10 heteroatoms. The number of nitrogens with zero attached hydrogens (tertiary/aromatic N) is 1. The van der Waals surface area contributed by atoms with Gasteiger partial charge in [0, 0.05) is 16.9 Å². The van der Waals surface area contributed by atoms with Crippen LogP contribution in [0.2, 0.25) is 5.02 Å². The normalized spacial score (nSPS) is 14.0. The lowest BCUT2D eigenvalue weighted by Crippen LogP contribution is -2.35. The number of aryl methyl sites for hydroxylation is 1. The predicted molar refractivity (Wildman–Crippen MR) is 109 cm³/mol. The predicted octanol–water partition coefficient (Wildman–Crippen LogP) is 2.64. The lowest BCUT2D eigenvalue weighted by molar-refractivity contribution is -0.116. The van der Waals surface area contributed by atoms with E-state index in [0.29, 0.717) is 15.6 Å². The van der Waals surface area contributed by atoms with E-state index >= 15 is 0 Å². The third kappa shape index (κ3) is 4.22. The van der Waals surface area contributed by atoms with Crippen LogP contribution in [0.1, 0.15) is 33.6 Å². The molecule has 1 aromatic carbocycles. The highest BCUT2D eigenvalue weighted by Crippen LogP contribution is 2.37. The van der Waals surface area contributed by atoms with Crippen LogP contribution in [0.3, 0.4) is 0 Å². The van der Waals surface area contributed by atoms with Gasteiger partial charge in [-0.15, -0.1) is 11.3 Å². The molecule has 0 saturated heterocycles. The summed E-state index contributed by atoms with van der Waals surface area (Å²) < 4.78 is 26.1. The van der Waals surface area contributed by atoms with Gasteiger partial charge in [0.1, 0.15) is 5.00 Å². The number of rotatable bonds is 6. The Kier molecular flexibility index (Phi) is 6.09. The number of nitrogens with two attached hydrogens (primary N) is 1. The Balaban J connectivity index is 1.76. The molecule has 1 aliphatic carbocycles. The zero-order chi connectivity index (χ0) is 20.5. The fraction of sp³-hybridized carbons (Fsp3) is 0.333. The van der Waals surface area contributed by atoms with Crippen LogP contribution in [0.5, 0.6) is 0 Å². The largest absolute Gasteiger partial charge is 0.365 e. The number of amides is 2. The summed E-state index contributed by atoms with van der Waals surface area (Å²) in [5, 5.41) is 3.47. The molecule has 150 valence electrons. The molecule has 3 rings (SSSR count). The smallest absolute Gasteiger partial charge is 0.251 e. The van der Waals surface area contributed by atoms with Crippen LogP contribution in [0.25, 0.3) is 0 Å². The van der Waals surface area contributed by atoms with Crippen LogP contribution in [-0.4, -0.2) is 38.1 Å². The highest BCUT2D eigenvalue weighted by atomic mass is 35.5. The fourth-order valence-corrected chi connectivity index (χ4v) is 5.72. The topological polar surface area (TPSA) is 110 Å². The summed E-state index contributed by atoms with van der Waals surface area (Å²) >= 11 is 7.13. The van der Waals surface area contributed by atoms with Crippen LogP contribution < -0.4 is 11.1 Å². The van der Waals surface area contributed by atoms with E-state index in [1.807, 2.05) is 0 Å². The highest BCUT2D eigenvalue weighted by Gasteiger charge is 2.27. The van der Waals surface area contributed by atoms with Gasteiger partial charge in [-0.1, -0.05) is 11.6 Å². The van der Waals surface area contributed by atoms with Crippen molar-refractivity contribution in [1.82, 2.24) is 4.31 Å². The number of primary amides is 1. The lowest BCUT2D eigenvalue weighted by atomic mass is 9.95. The molecule has 0 aliphatic heterocycles. The zero-order valence-electron chi connectivity index (χ0n) is 15.2. The van der Waals surface area contributed by atoms with E-state index in [1.165, 1.54) is 42.6 Å². The van der Waals surface area contributed by atoms with Crippen molar-refractivity contribution >= 4 is 49.8 Å². The molecule has 1 aromatic heterocycles. The van der Waals surface area contributed by atoms with Gasteiger partial charge in [0.15, 0.2) is 0 Å². The van der Waals surface area contributed by atoms with Gasteiger partial charge in [-0.25, -0.2) is 8.42 Å². The maximum atomic E-state index is 12.6. The van der Waals surface area contributed by atoms with Gasteiger partial charge in [0.2, 0.25) is 15.9 Å². The standard InChI is InChI=1S/C18H20ClN3O4S2/c1-22(28(25,26)12-8-6-11(19)7-9-12)10-15(23)21-18-16(17(20)24)13-4-2-3-5-14(13)27-18/h6-9H,2-5,10H2,1H3,(H2,20,24)(H,21,23). The van der Waals surface area contributed by atoms with E-state index in [-0.39, 0.29) is 4.90 Å². The molecule has 2 amide bonds. The molecular formula is C18H20ClN3O4S2. The number of fused-ring (bicyclic) bond motifs is 1. The Morgan fingerprint density at radius 2 is 1.86 bits per heavy atom. The summed E-state index contributed by atoms with van der Waals surface area (Å²) in [6.07, 6.45) is 3.60. The van der Waals surface area contributed by atoms with Crippen molar-refractivity contribution in [2.45, 2.75) is 30.6 Å². The zero-order valence-corrected chi connectivity index (χ0v) is 17.6. The van der Waals surface area contributed by atoms with Crippen molar-refractivity contribution in [3.05, 3.63) is 45.3 Å². The number of anilines is 1. The van der Waals surface area contributed by atoms with Gasteiger partial charge >= 0.3 is 0 Å². The molecular weight excluding hydrogens is 422 g/mol. The van der Waals surface area contributed by atoms with Crippen LogP contribution in [0.4, 0.5) is 5.00 Å². The summed E-state index contributed by atoms with van der Waals surface area (Å²) in [6.45, 7) is -0.397. The molecule has 0 spiro atoms. The Labute approximate surface area is 172 Å². The van der Waals surface area contributed by atoms with Crippen LogP contribution in [0, 0.1) is 0 Å². The summed E-state index contributed by atoms with van der Waals surface area (Å²) in [7, 11) is -2.53. The second-order valence-electron chi connectivity index (χ2n) is 6.54. The highest BCUT2D eigenvalue weighted by molar-refractivity contribution is 7.89. The number of sulfonamides is 1. The van der Waals surface area contributed by atoms with Crippen LogP contribution in [-0.2, 0) is 27.7 Å². The third-order valence-electron chi connectivity index (χ3n) is 4.56. The van der Waals surface area contributed by atoms with E-state index in [0.717, 1.165) is 40.4 Å². The van der Waals surface area contributed by atoms with Crippen molar-refractivity contribution in [2.24, 2.45) is 5.73 Å². The average Bonchev–Trinajstić information content (AvgIpc) is 2.99. The van der Waals surface area contributed by atoms with Crippen molar-refractivity contribution in [3.63, 3.8) is 0 Å². The molecule has 3 N–H and O–H groups in total. The third-order valence-corrected chi connectivity index (χ3v) is 7.84. The number of nitrogens with one attached hydrogen (secondary N) is 1.